The maximum atomic E-state index is 11.5. The van der Waals surface area contributed by atoms with Gasteiger partial charge in [0.05, 0.1) is 6.04 Å². The van der Waals surface area contributed by atoms with Gasteiger partial charge >= 0.3 is 5.97 Å². The van der Waals surface area contributed by atoms with Gasteiger partial charge in [0.25, 0.3) is 0 Å². The topological polar surface area (TPSA) is 122 Å². The standard InChI is InChI=1S/C10H19N3O4/c1-5(2)8(11)10(17)13-6(3)9(16)12-4-7(14)15/h5-6,8H,4,11H2,1-3H3,(H,12,16)(H,13,17)(H,14,15)/t6-,8-/m0/s1. The number of hydrogen-bond acceptors (Lipinski definition) is 4. The maximum absolute atomic E-state index is 11.5. The van der Waals surface area contributed by atoms with Gasteiger partial charge in [0.15, 0.2) is 0 Å². The van der Waals surface area contributed by atoms with Crippen molar-refractivity contribution in [3.05, 3.63) is 0 Å². The van der Waals surface area contributed by atoms with Crippen LogP contribution in [0, 0.1) is 5.92 Å². The van der Waals surface area contributed by atoms with Crippen LogP contribution in [0.3, 0.4) is 0 Å². The van der Waals surface area contributed by atoms with E-state index in [9.17, 15) is 14.4 Å². The van der Waals surface area contributed by atoms with Crippen LogP contribution in [0.5, 0.6) is 0 Å². The van der Waals surface area contributed by atoms with E-state index >= 15 is 0 Å². The summed E-state index contributed by atoms with van der Waals surface area (Å²) in [5.41, 5.74) is 5.59. The number of carboxylic acids is 1. The van der Waals surface area contributed by atoms with E-state index in [1.54, 1.807) is 13.8 Å². The summed E-state index contributed by atoms with van der Waals surface area (Å²) in [7, 11) is 0. The summed E-state index contributed by atoms with van der Waals surface area (Å²) in [4.78, 5) is 33.1. The third kappa shape index (κ3) is 5.86. The van der Waals surface area contributed by atoms with E-state index in [2.05, 4.69) is 10.6 Å². The molecule has 0 spiro atoms. The first-order valence-corrected chi connectivity index (χ1v) is 5.31. The fourth-order valence-corrected chi connectivity index (χ4v) is 0.994. The number of amides is 2. The highest BCUT2D eigenvalue weighted by Gasteiger charge is 2.22. The SMILES string of the molecule is CC(C)[C@H](N)C(=O)N[C@@H](C)C(=O)NCC(=O)O. The van der Waals surface area contributed by atoms with Gasteiger partial charge in [-0.15, -0.1) is 0 Å². The molecule has 7 nitrogen and oxygen atoms in total. The zero-order valence-electron chi connectivity index (χ0n) is 10.2. The smallest absolute Gasteiger partial charge is 0.322 e. The Kier molecular flexibility index (Phi) is 6.19. The Morgan fingerprint density at radius 1 is 1.18 bits per heavy atom. The number of carbonyl (C=O) groups is 3. The molecule has 0 saturated carbocycles. The molecule has 2 atom stereocenters. The molecule has 0 heterocycles. The number of carboxylic acid groups (broad SMARTS) is 1. The molecule has 0 radical (unpaired) electrons. The molecule has 0 aromatic carbocycles. The molecule has 0 rings (SSSR count). The molecule has 5 N–H and O–H groups in total. The zero-order chi connectivity index (χ0) is 13.6. The van der Waals surface area contributed by atoms with Crippen LogP contribution in [0.2, 0.25) is 0 Å². The largest absolute Gasteiger partial charge is 0.480 e. The summed E-state index contributed by atoms with van der Waals surface area (Å²) in [5.74, 6) is -2.17. The van der Waals surface area contributed by atoms with Gasteiger partial charge in [-0.25, -0.2) is 0 Å². The van der Waals surface area contributed by atoms with E-state index in [-0.39, 0.29) is 5.92 Å². The molecule has 17 heavy (non-hydrogen) atoms. The summed E-state index contributed by atoms with van der Waals surface area (Å²) in [6.07, 6.45) is 0. The molecule has 98 valence electrons. The third-order valence-electron chi connectivity index (χ3n) is 2.19. The van der Waals surface area contributed by atoms with Crippen molar-refractivity contribution < 1.29 is 19.5 Å². The normalized spacial score (nSPS) is 13.9. The summed E-state index contributed by atoms with van der Waals surface area (Å²) in [6, 6.07) is -1.50. The van der Waals surface area contributed by atoms with Crippen molar-refractivity contribution in [1.82, 2.24) is 10.6 Å². The molecule has 0 aliphatic rings. The van der Waals surface area contributed by atoms with Crippen LogP contribution in [0.1, 0.15) is 20.8 Å². The van der Waals surface area contributed by atoms with E-state index < -0.39 is 36.4 Å². The van der Waals surface area contributed by atoms with Crippen molar-refractivity contribution in [3.8, 4) is 0 Å². The predicted molar refractivity (Wildman–Crippen MR) is 61.1 cm³/mol. The third-order valence-corrected chi connectivity index (χ3v) is 2.19. The Bertz CT molecular complexity index is 304. The van der Waals surface area contributed by atoms with Crippen molar-refractivity contribution in [2.24, 2.45) is 11.7 Å². The Balaban J connectivity index is 4.16. The van der Waals surface area contributed by atoms with Crippen LogP contribution in [0.15, 0.2) is 0 Å². The lowest BCUT2D eigenvalue weighted by atomic mass is 10.0. The molecular weight excluding hydrogens is 226 g/mol. The quantitative estimate of drug-likeness (QED) is 0.462. The first-order chi connectivity index (χ1) is 7.75. The Labute approximate surface area is 99.7 Å². The minimum absolute atomic E-state index is 0.0377. The van der Waals surface area contributed by atoms with Gasteiger partial charge < -0.3 is 21.5 Å². The average molecular weight is 245 g/mol. The van der Waals surface area contributed by atoms with Crippen LogP contribution < -0.4 is 16.4 Å². The summed E-state index contributed by atoms with van der Waals surface area (Å²) < 4.78 is 0. The molecular formula is C10H19N3O4. The molecule has 0 fully saturated rings. The molecule has 0 unspecified atom stereocenters. The first-order valence-electron chi connectivity index (χ1n) is 5.31. The Morgan fingerprint density at radius 3 is 2.12 bits per heavy atom. The summed E-state index contributed by atoms with van der Waals surface area (Å²) >= 11 is 0. The number of rotatable bonds is 6. The van der Waals surface area contributed by atoms with Crippen LogP contribution >= 0.6 is 0 Å². The highest BCUT2D eigenvalue weighted by Crippen LogP contribution is 1.98. The van der Waals surface area contributed by atoms with Gasteiger partial charge in [0, 0.05) is 0 Å². The highest BCUT2D eigenvalue weighted by atomic mass is 16.4. The number of nitrogens with one attached hydrogen (secondary N) is 2. The van der Waals surface area contributed by atoms with E-state index in [1.807, 2.05) is 0 Å². The zero-order valence-corrected chi connectivity index (χ0v) is 10.2. The van der Waals surface area contributed by atoms with E-state index in [0.717, 1.165) is 0 Å². The number of hydrogen-bond donors (Lipinski definition) is 4. The van der Waals surface area contributed by atoms with Crippen molar-refractivity contribution >= 4 is 17.8 Å². The molecule has 7 heteroatoms. The van der Waals surface area contributed by atoms with Crippen molar-refractivity contribution in [2.45, 2.75) is 32.9 Å². The van der Waals surface area contributed by atoms with Crippen molar-refractivity contribution in [3.63, 3.8) is 0 Å². The molecule has 0 saturated heterocycles. The molecule has 0 aliphatic carbocycles. The summed E-state index contributed by atoms with van der Waals surface area (Å²) in [6.45, 7) is 4.57. The molecule has 0 aromatic rings. The molecule has 2 amide bonds. The van der Waals surface area contributed by atoms with Gasteiger partial charge in [0.1, 0.15) is 12.6 Å². The van der Waals surface area contributed by atoms with Gasteiger partial charge in [-0.1, -0.05) is 13.8 Å². The van der Waals surface area contributed by atoms with E-state index in [0.29, 0.717) is 0 Å². The molecule has 0 aromatic heterocycles. The monoisotopic (exact) mass is 245 g/mol. The first kappa shape index (κ1) is 15.4. The van der Waals surface area contributed by atoms with Gasteiger partial charge in [0.2, 0.25) is 11.8 Å². The second-order valence-electron chi connectivity index (χ2n) is 4.11. The number of nitrogens with two attached hydrogens (primary N) is 1. The lowest BCUT2D eigenvalue weighted by molar-refractivity contribution is -0.138. The van der Waals surface area contributed by atoms with Gasteiger partial charge in [-0.2, -0.15) is 0 Å². The molecule has 0 aliphatic heterocycles. The summed E-state index contributed by atoms with van der Waals surface area (Å²) in [5, 5.41) is 12.9. The van der Waals surface area contributed by atoms with Crippen LogP contribution in [-0.2, 0) is 14.4 Å². The fraction of sp³-hybridized carbons (Fsp3) is 0.700. The van der Waals surface area contributed by atoms with Gasteiger partial charge in [-0.3, -0.25) is 14.4 Å². The number of aliphatic carboxylic acids is 1. The van der Waals surface area contributed by atoms with Crippen LogP contribution in [0.4, 0.5) is 0 Å². The van der Waals surface area contributed by atoms with E-state index in [1.165, 1.54) is 6.92 Å². The minimum atomic E-state index is -1.14. The van der Waals surface area contributed by atoms with Crippen molar-refractivity contribution in [1.29, 1.82) is 0 Å². The van der Waals surface area contributed by atoms with Crippen LogP contribution in [0.25, 0.3) is 0 Å². The van der Waals surface area contributed by atoms with E-state index in [4.69, 9.17) is 10.8 Å². The average Bonchev–Trinajstić information content (AvgIpc) is 2.24. The van der Waals surface area contributed by atoms with Crippen LogP contribution in [-0.4, -0.2) is 41.5 Å². The minimum Gasteiger partial charge on any atom is -0.480 e. The highest BCUT2D eigenvalue weighted by molar-refractivity contribution is 5.90. The lowest BCUT2D eigenvalue weighted by Crippen LogP contribution is -2.52. The second kappa shape index (κ2) is 6.85. The van der Waals surface area contributed by atoms with Gasteiger partial charge in [-0.05, 0) is 12.8 Å². The predicted octanol–water partition coefficient (Wildman–Crippen LogP) is -1.32. The molecule has 0 bridgehead atoms. The Morgan fingerprint density at radius 2 is 1.71 bits per heavy atom. The second-order valence-corrected chi connectivity index (χ2v) is 4.11. The number of carbonyl (C=O) groups excluding carboxylic acids is 2. The fourth-order valence-electron chi connectivity index (χ4n) is 0.994. The van der Waals surface area contributed by atoms with Crippen molar-refractivity contribution in [2.75, 3.05) is 6.54 Å². The lowest BCUT2D eigenvalue weighted by Gasteiger charge is -2.19. The Hall–Kier alpha value is -1.63. The maximum Gasteiger partial charge on any atom is 0.322 e.